The van der Waals surface area contributed by atoms with Gasteiger partial charge in [0.25, 0.3) is 11.5 Å². The molecule has 2 aromatic carbocycles. The summed E-state index contributed by atoms with van der Waals surface area (Å²) in [6, 6.07) is 13.2. The van der Waals surface area contributed by atoms with E-state index in [2.05, 4.69) is 67.0 Å². The average Bonchev–Trinajstić information content (AvgIpc) is 3.09. The number of nitriles is 1. The number of aryl methyl sites for hydroxylation is 1. The van der Waals surface area contributed by atoms with E-state index in [-0.39, 0.29) is 40.6 Å². The summed E-state index contributed by atoms with van der Waals surface area (Å²) >= 11 is 0. The maximum Gasteiger partial charge on any atom is 0.264 e. The first-order valence-corrected chi connectivity index (χ1v) is 18.0. The van der Waals surface area contributed by atoms with Crippen LogP contribution < -0.4 is 15.0 Å². The summed E-state index contributed by atoms with van der Waals surface area (Å²) in [6.07, 6.45) is 4.45. The summed E-state index contributed by atoms with van der Waals surface area (Å²) in [5.41, 5.74) is 8.42. The first kappa shape index (κ1) is 37.9. The van der Waals surface area contributed by atoms with Crippen LogP contribution in [0.4, 0.5) is 0 Å². The number of pyridine rings is 1. The van der Waals surface area contributed by atoms with E-state index in [1.165, 1.54) is 16.7 Å². The number of allylic oxidation sites excluding steroid dienone is 1. The molecule has 3 aromatic rings. The number of aromatic nitrogens is 1. The molecule has 51 heavy (non-hydrogen) atoms. The van der Waals surface area contributed by atoms with E-state index in [0.29, 0.717) is 13.1 Å². The summed E-state index contributed by atoms with van der Waals surface area (Å²) in [6.45, 7) is 20.5. The van der Waals surface area contributed by atoms with Crippen molar-refractivity contribution in [2.75, 3.05) is 33.9 Å². The number of carbonyl (C=O) groups is 1. The molecule has 0 saturated carbocycles. The molecule has 2 aliphatic rings. The number of carbonyl (C=O) groups excluding carboxylic acids is 1. The fraction of sp³-hybridized carbons (Fsp3) is 0.500. The minimum absolute atomic E-state index is 0.00796. The van der Waals surface area contributed by atoms with Gasteiger partial charge in [-0.3, -0.25) is 19.4 Å². The molecule has 0 aliphatic carbocycles. The predicted molar refractivity (Wildman–Crippen MR) is 203 cm³/mol. The van der Waals surface area contributed by atoms with Gasteiger partial charge in [-0.1, -0.05) is 45.0 Å². The second-order valence-corrected chi connectivity index (χ2v) is 15.6. The molecule has 9 nitrogen and oxygen atoms in total. The smallest absolute Gasteiger partial charge is 0.264 e. The monoisotopic (exact) mass is 693 g/mol. The molecule has 0 radical (unpaired) electrons. The quantitative estimate of drug-likeness (QED) is 0.191. The zero-order valence-electron chi connectivity index (χ0n) is 32.4. The highest BCUT2D eigenvalue weighted by Gasteiger charge is 2.34. The minimum atomic E-state index is -0.254. The number of ether oxygens (including phenoxy) is 2. The van der Waals surface area contributed by atoms with Crippen molar-refractivity contribution in [1.29, 1.82) is 5.26 Å². The van der Waals surface area contributed by atoms with Crippen molar-refractivity contribution < 1.29 is 14.3 Å². The molecule has 9 heteroatoms. The Morgan fingerprint density at radius 2 is 1.63 bits per heavy atom. The molecule has 0 N–H and O–H groups in total. The third kappa shape index (κ3) is 7.78. The number of fused-ring (bicyclic) bond motifs is 1. The van der Waals surface area contributed by atoms with Crippen molar-refractivity contribution in [1.82, 2.24) is 19.3 Å². The molecule has 1 saturated heterocycles. The zero-order chi connectivity index (χ0) is 37.4. The lowest BCUT2D eigenvalue weighted by Gasteiger charge is -2.45. The van der Waals surface area contributed by atoms with Crippen molar-refractivity contribution >= 4 is 5.91 Å². The molecule has 0 bridgehead atoms. The van der Waals surface area contributed by atoms with Crippen LogP contribution in [0.25, 0.3) is 11.1 Å². The summed E-state index contributed by atoms with van der Waals surface area (Å²) in [5.74, 6) is 1.35. The molecular formula is C42H55N5O4. The van der Waals surface area contributed by atoms with Crippen LogP contribution in [0.1, 0.15) is 81.0 Å². The van der Waals surface area contributed by atoms with E-state index >= 15 is 0 Å². The lowest BCUT2D eigenvalue weighted by Crippen LogP contribution is -2.55. The molecule has 1 aromatic heterocycles. The third-order valence-corrected chi connectivity index (χ3v) is 10.8. The molecule has 272 valence electrons. The lowest BCUT2D eigenvalue weighted by atomic mass is 9.88. The fourth-order valence-corrected chi connectivity index (χ4v) is 7.99. The Labute approximate surface area is 304 Å². The van der Waals surface area contributed by atoms with E-state index in [0.717, 1.165) is 65.4 Å². The molecule has 3 atom stereocenters. The van der Waals surface area contributed by atoms with Gasteiger partial charge in [0.05, 0.1) is 25.8 Å². The minimum Gasteiger partial charge on any atom is -0.496 e. The first-order chi connectivity index (χ1) is 24.1. The van der Waals surface area contributed by atoms with Crippen molar-refractivity contribution in [2.24, 2.45) is 12.5 Å². The van der Waals surface area contributed by atoms with E-state index in [1.807, 2.05) is 45.7 Å². The third-order valence-electron chi connectivity index (χ3n) is 10.8. The summed E-state index contributed by atoms with van der Waals surface area (Å²) in [5, 5.41) is 9.79. The van der Waals surface area contributed by atoms with Crippen LogP contribution in [0, 0.1) is 30.6 Å². The summed E-state index contributed by atoms with van der Waals surface area (Å²) in [7, 11) is 5.19. The topological polar surface area (TPSA) is 91.0 Å². The van der Waals surface area contributed by atoms with E-state index in [1.54, 1.807) is 31.9 Å². The van der Waals surface area contributed by atoms with Gasteiger partial charge in [-0.05, 0) is 86.4 Å². The van der Waals surface area contributed by atoms with Crippen LogP contribution in [0.15, 0.2) is 53.0 Å². The predicted octanol–water partition coefficient (Wildman–Crippen LogP) is 6.72. The Kier molecular flexibility index (Phi) is 11.2. The van der Waals surface area contributed by atoms with Crippen molar-refractivity contribution in [2.45, 2.75) is 93.0 Å². The van der Waals surface area contributed by atoms with Crippen molar-refractivity contribution in [3.05, 3.63) is 91.9 Å². The van der Waals surface area contributed by atoms with Crippen LogP contribution in [0.2, 0.25) is 0 Å². The highest BCUT2D eigenvalue weighted by Crippen LogP contribution is 2.39. The summed E-state index contributed by atoms with van der Waals surface area (Å²) in [4.78, 5) is 32.9. The maximum absolute atomic E-state index is 13.5. The van der Waals surface area contributed by atoms with Gasteiger partial charge in [0.1, 0.15) is 23.1 Å². The number of nitrogens with zero attached hydrogens (tertiary/aromatic N) is 5. The Morgan fingerprint density at radius 1 is 1.00 bits per heavy atom. The molecule has 1 unspecified atom stereocenters. The van der Waals surface area contributed by atoms with E-state index < -0.39 is 0 Å². The second-order valence-electron chi connectivity index (χ2n) is 15.6. The van der Waals surface area contributed by atoms with Gasteiger partial charge in [-0.15, -0.1) is 0 Å². The number of piperazine rings is 1. The van der Waals surface area contributed by atoms with Gasteiger partial charge in [0.2, 0.25) is 0 Å². The summed E-state index contributed by atoms with van der Waals surface area (Å²) < 4.78 is 13.6. The average molecular weight is 694 g/mol. The molecule has 3 heterocycles. The molecule has 5 rings (SSSR count). The Morgan fingerprint density at radius 3 is 2.20 bits per heavy atom. The molecule has 1 amide bonds. The number of rotatable bonds is 8. The van der Waals surface area contributed by atoms with Crippen LogP contribution in [-0.4, -0.2) is 71.1 Å². The standard InChI is InChI=1S/C42H55N5O4/c1-26-21-45(23-31-13-12-14-34-30(5)46(16-15-35(31)34)41(49)33(20-43)19-42(6,7)8)22-27(2)47(26)25-37-38(50-10)17-32(18-39(37)51-11)36-24-44(9)40(48)29(4)28(36)3/h12-14,17-19,24,26-27,30H,15-16,21-23,25H2,1-11H3/b33-19+/t26-,27+,30?. The molecule has 1 fully saturated rings. The molecule has 0 spiro atoms. The van der Waals surface area contributed by atoms with Gasteiger partial charge in [0.15, 0.2) is 0 Å². The maximum atomic E-state index is 13.5. The normalized spacial score (nSPS) is 20.2. The number of hydrogen-bond acceptors (Lipinski definition) is 7. The van der Waals surface area contributed by atoms with Crippen LogP contribution in [0.3, 0.4) is 0 Å². The SMILES string of the molecule is COc1cc(-c2cn(C)c(=O)c(C)c2C)cc(OC)c1CN1[C@H](C)CN(Cc2cccc3c2CCN(C(=O)/C(C#N)=C/C(C)(C)C)C3C)C[C@@H]1C. The fourth-order valence-electron chi connectivity index (χ4n) is 7.99. The Bertz CT molecular complexity index is 1890. The van der Waals surface area contributed by atoms with Gasteiger partial charge in [-0.2, -0.15) is 5.26 Å². The Balaban J connectivity index is 1.33. The highest BCUT2D eigenvalue weighted by molar-refractivity contribution is 5.97. The van der Waals surface area contributed by atoms with Crippen LogP contribution in [0.5, 0.6) is 11.5 Å². The van der Waals surface area contributed by atoms with E-state index in [4.69, 9.17) is 9.47 Å². The molecule has 2 aliphatic heterocycles. The van der Waals surface area contributed by atoms with E-state index in [9.17, 15) is 14.9 Å². The Hall–Kier alpha value is -4.39. The van der Waals surface area contributed by atoms with Gasteiger partial charge >= 0.3 is 0 Å². The van der Waals surface area contributed by atoms with Gasteiger partial charge in [-0.25, -0.2) is 0 Å². The number of hydrogen-bond donors (Lipinski definition) is 0. The van der Waals surface area contributed by atoms with Gasteiger partial charge < -0.3 is 18.9 Å². The first-order valence-electron chi connectivity index (χ1n) is 18.0. The van der Waals surface area contributed by atoms with Gasteiger partial charge in [0, 0.05) is 69.2 Å². The van der Waals surface area contributed by atoms with Crippen molar-refractivity contribution in [3.8, 4) is 28.7 Å². The zero-order valence-corrected chi connectivity index (χ0v) is 32.4. The second kappa shape index (κ2) is 15.1. The number of methoxy groups -OCH3 is 2. The molecular weight excluding hydrogens is 638 g/mol. The van der Waals surface area contributed by atoms with Crippen molar-refractivity contribution in [3.63, 3.8) is 0 Å². The number of benzene rings is 2. The number of amides is 1. The van der Waals surface area contributed by atoms with Crippen LogP contribution >= 0.6 is 0 Å². The lowest BCUT2D eigenvalue weighted by molar-refractivity contribution is -0.129. The largest absolute Gasteiger partial charge is 0.496 e. The van der Waals surface area contributed by atoms with Crippen LogP contribution in [-0.2, 0) is 31.4 Å². The highest BCUT2D eigenvalue weighted by atomic mass is 16.5.